The number of hydrogen-bond donors (Lipinski definition) is 2. The summed E-state index contributed by atoms with van der Waals surface area (Å²) in [5, 5.41) is 6.82. The molecule has 0 aliphatic heterocycles. The lowest BCUT2D eigenvalue weighted by atomic mass is 10.2. The second-order valence-corrected chi connectivity index (χ2v) is 6.87. The van der Waals surface area contributed by atoms with Crippen LogP contribution in [0.5, 0.6) is 5.75 Å². The SMILES string of the molecule is CN=C(NCCN(CC1CC1)C1CC1)NCc1ccc(OC)cc1. The van der Waals surface area contributed by atoms with Gasteiger partial charge in [-0.15, -0.1) is 0 Å². The largest absolute Gasteiger partial charge is 0.497 e. The maximum Gasteiger partial charge on any atom is 0.191 e. The van der Waals surface area contributed by atoms with Crippen molar-refractivity contribution < 1.29 is 4.74 Å². The molecule has 5 nitrogen and oxygen atoms in total. The Morgan fingerprint density at radius 2 is 1.92 bits per heavy atom. The fourth-order valence-corrected chi connectivity index (χ4v) is 2.96. The average molecular weight is 330 g/mol. The van der Waals surface area contributed by atoms with Crippen molar-refractivity contribution in [3.05, 3.63) is 29.8 Å². The molecule has 0 bridgehead atoms. The summed E-state index contributed by atoms with van der Waals surface area (Å²) in [5.74, 6) is 2.73. The highest BCUT2D eigenvalue weighted by Crippen LogP contribution is 2.34. The summed E-state index contributed by atoms with van der Waals surface area (Å²) in [4.78, 5) is 6.99. The number of nitrogens with zero attached hydrogens (tertiary/aromatic N) is 2. The van der Waals surface area contributed by atoms with Gasteiger partial charge in [0, 0.05) is 39.3 Å². The van der Waals surface area contributed by atoms with Crippen LogP contribution in [0.4, 0.5) is 0 Å². The molecule has 0 saturated heterocycles. The van der Waals surface area contributed by atoms with E-state index in [0.717, 1.165) is 43.3 Å². The van der Waals surface area contributed by atoms with E-state index in [9.17, 15) is 0 Å². The molecule has 0 radical (unpaired) electrons. The third-order valence-electron chi connectivity index (χ3n) is 4.79. The molecule has 2 aliphatic rings. The normalized spacial score (nSPS) is 17.9. The lowest BCUT2D eigenvalue weighted by molar-refractivity contribution is 0.256. The summed E-state index contributed by atoms with van der Waals surface area (Å²) < 4.78 is 5.19. The maximum atomic E-state index is 5.19. The standard InChI is InChI=1S/C19H30N4O/c1-20-19(22-13-15-5-9-18(24-2)10-6-15)21-11-12-23(17-7-8-17)14-16-3-4-16/h5-6,9-10,16-17H,3-4,7-8,11-14H2,1-2H3,(H2,20,21,22). The zero-order valence-electron chi connectivity index (χ0n) is 14.9. The Labute approximate surface area is 145 Å². The fraction of sp³-hybridized carbons (Fsp3) is 0.632. The van der Waals surface area contributed by atoms with Crippen molar-refractivity contribution in [2.24, 2.45) is 10.9 Å². The van der Waals surface area contributed by atoms with E-state index in [1.54, 1.807) is 7.11 Å². The highest BCUT2D eigenvalue weighted by atomic mass is 16.5. The van der Waals surface area contributed by atoms with Crippen LogP contribution in [0.25, 0.3) is 0 Å². The van der Waals surface area contributed by atoms with E-state index in [1.807, 2.05) is 19.2 Å². The van der Waals surface area contributed by atoms with E-state index in [2.05, 4.69) is 32.7 Å². The number of methoxy groups -OCH3 is 1. The molecule has 2 fully saturated rings. The predicted octanol–water partition coefficient (Wildman–Crippen LogP) is 2.23. The first-order valence-corrected chi connectivity index (χ1v) is 9.10. The van der Waals surface area contributed by atoms with Gasteiger partial charge in [-0.25, -0.2) is 0 Å². The second-order valence-electron chi connectivity index (χ2n) is 6.87. The predicted molar refractivity (Wildman–Crippen MR) is 98.5 cm³/mol. The molecule has 0 heterocycles. The zero-order valence-corrected chi connectivity index (χ0v) is 14.9. The molecule has 2 saturated carbocycles. The molecule has 1 aromatic carbocycles. The van der Waals surface area contributed by atoms with Gasteiger partial charge in [0.05, 0.1) is 7.11 Å². The Morgan fingerprint density at radius 1 is 1.17 bits per heavy atom. The van der Waals surface area contributed by atoms with E-state index in [-0.39, 0.29) is 0 Å². The lowest BCUT2D eigenvalue weighted by Crippen LogP contribution is -2.42. The number of hydrogen-bond acceptors (Lipinski definition) is 3. The molecular formula is C19H30N4O. The Hall–Kier alpha value is -1.75. The number of ether oxygens (including phenoxy) is 1. The number of benzene rings is 1. The first-order valence-electron chi connectivity index (χ1n) is 9.10. The highest BCUT2D eigenvalue weighted by Gasteiger charge is 2.33. The van der Waals surface area contributed by atoms with Gasteiger partial charge in [-0.1, -0.05) is 12.1 Å². The second kappa shape index (κ2) is 8.38. The Balaban J connectivity index is 1.37. The first kappa shape index (κ1) is 17.1. The van der Waals surface area contributed by atoms with Gasteiger partial charge in [0.25, 0.3) is 0 Å². The molecule has 24 heavy (non-hydrogen) atoms. The highest BCUT2D eigenvalue weighted by molar-refractivity contribution is 5.79. The molecule has 0 spiro atoms. The molecular weight excluding hydrogens is 300 g/mol. The van der Waals surface area contributed by atoms with Crippen molar-refractivity contribution in [1.29, 1.82) is 0 Å². The molecule has 0 atom stereocenters. The van der Waals surface area contributed by atoms with E-state index in [0.29, 0.717) is 0 Å². The van der Waals surface area contributed by atoms with E-state index >= 15 is 0 Å². The molecule has 2 aliphatic carbocycles. The van der Waals surface area contributed by atoms with Crippen molar-refractivity contribution in [3.8, 4) is 5.75 Å². The number of guanidine groups is 1. The smallest absolute Gasteiger partial charge is 0.191 e. The summed E-state index contributed by atoms with van der Waals surface area (Å²) in [6, 6.07) is 8.96. The van der Waals surface area contributed by atoms with Gasteiger partial charge in [0.2, 0.25) is 0 Å². The van der Waals surface area contributed by atoms with Crippen LogP contribution in [-0.2, 0) is 6.54 Å². The quantitative estimate of drug-likeness (QED) is 0.538. The van der Waals surface area contributed by atoms with Crippen LogP contribution in [-0.4, -0.2) is 50.7 Å². The van der Waals surface area contributed by atoms with Gasteiger partial charge in [0.1, 0.15) is 5.75 Å². The van der Waals surface area contributed by atoms with Crippen LogP contribution in [0.15, 0.2) is 29.3 Å². The van der Waals surface area contributed by atoms with Gasteiger partial charge in [-0.3, -0.25) is 9.89 Å². The van der Waals surface area contributed by atoms with Crippen molar-refractivity contribution in [2.45, 2.75) is 38.3 Å². The topological polar surface area (TPSA) is 48.9 Å². The third-order valence-corrected chi connectivity index (χ3v) is 4.79. The fourth-order valence-electron chi connectivity index (χ4n) is 2.96. The minimum Gasteiger partial charge on any atom is -0.497 e. The first-order chi connectivity index (χ1) is 11.8. The number of nitrogens with one attached hydrogen (secondary N) is 2. The Morgan fingerprint density at radius 3 is 2.50 bits per heavy atom. The molecule has 2 N–H and O–H groups in total. The van der Waals surface area contributed by atoms with Crippen LogP contribution < -0.4 is 15.4 Å². The van der Waals surface area contributed by atoms with Crippen LogP contribution in [0, 0.1) is 5.92 Å². The average Bonchev–Trinajstić information content (AvgIpc) is 3.50. The molecule has 0 amide bonds. The van der Waals surface area contributed by atoms with Crippen molar-refractivity contribution in [2.75, 3.05) is 33.8 Å². The van der Waals surface area contributed by atoms with E-state index in [1.165, 1.54) is 37.8 Å². The molecule has 0 unspecified atom stereocenters. The summed E-state index contributed by atoms with van der Waals surface area (Å²) in [6.45, 7) is 4.12. The van der Waals surface area contributed by atoms with Gasteiger partial charge in [0.15, 0.2) is 5.96 Å². The van der Waals surface area contributed by atoms with Crippen molar-refractivity contribution in [1.82, 2.24) is 15.5 Å². The van der Waals surface area contributed by atoms with Gasteiger partial charge >= 0.3 is 0 Å². The zero-order chi connectivity index (χ0) is 16.8. The third kappa shape index (κ3) is 5.41. The minimum atomic E-state index is 0.762. The monoisotopic (exact) mass is 330 g/mol. The van der Waals surface area contributed by atoms with Gasteiger partial charge in [-0.2, -0.15) is 0 Å². The Bertz CT molecular complexity index is 535. The van der Waals surface area contributed by atoms with E-state index in [4.69, 9.17) is 4.74 Å². The number of rotatable bonds is 9. The summed E-state index contributed by atoms with van der Waals surface area (Å²) in [5.41, 5.74) is 1.21. The lowest BCUT2D eigenvalue weighted by Gasteiger charge is -2.22. The molecule has 132 valence electrons. The molecule has 0 aromatic heterocycles. The summed E-state index contributed by atoms with van der Waals surface area (Å²) >= 11 is 0. The van der Waals surface area contributed by atoms with Crippen molar-refractivity contribution in [3.63, 3.8) is 0 Å². The van der Waals surface area contributed by atoms with Crippen LogP contribution in [0.3, 0.4) is 0 Å². The van der Waals surface area contributed by atoms with Crippen LogP contribution >= 0.6 is 0 Å². The summed E-state index contributed by atoms with van der Waals surface area (Å²) in [7, 11) is 3.51. The Kier molecular flexibility index (Phi) is 5.96. The van der Waals surface area contributed by atoms with E-state index < -0.39 is 0 Å². The number of aliphatic imine (C=N–C) groups is 1. The van der Waals surface area contributed by atoms with Gasteiger partial charge < -0.3 is 15.4 Å². The minimum absolute atomic E-state index is 0.762. The van der Waals surface area contributed by atoms with Gasteiger partial charge in [-0.05, 0) is 49.3 Å². The molecule has 1 aromatic rings. The maximum absolute atomic E-state index is 5.19. The molecule has 5 heteroatoms. The van der Waals surface area contributed by atoms with Crippen LogP contribution in [0.1, 0.15) is 31.2 Å². The summed E-state index contributed by atoms with van der Waals surface area (Å²) in [6.07, 6.45) is 5.64. The van der Waals surface area contributed by atoms with Crippen molar-refractivity contribution >= 4 is 5.96 Å². The molecule has 3 rings (SSSR count). The van der Waals surface area contributed by atoms with Crippen LogP contribution in [0.2, 0.25) is 0 Å².